The van der Waals surface area contributed by atoms with Gasteiger partial charge in [-0.1, -0.05) is 0 Å². The molecule has 0 aromatic heterocycles. The first-order chi connectivity index (χ1) is 9.32. The van der Waals surface area contributed by atoms with E-state index in [4.69, 9.17) is 10.5 Å². The summed E-state index contributed by atoms with van der Waals surface area (Å²) in [6.45, 7) is 4.72. The highest BCUT2D eigenvalue weighted by molar-refractivity contribution is 5.94. The van der Waals surface area contributed by atoms with Crippen LogP contribution in [-0.4, -0.2) is 47.3 Å². The molecule has 1 aliphatic heterocycles. The van der Waals surface area contributed by atoms with Gasteiger partial charge in [0, 0.05) is 25.7 Å². The average molecular weight is 282 g/mol. The number of phenolic OH excluding ortho intramolecular Hbond substituents is 1. The highest BCUT2D eigenvalue weighted by atomic mass is 19.1. The zero-order chi connectivity index (χ0) is 14.9. The van der Waals surface area contributed by atoms with E-state index in [-0.39, 0.29) is 17.4 Å². The number of carbonyl (C=O) groups excluding carboxylic acids is 1. The fourth-order valence-electron chi connectivity index (χ4n) is 2.42. The first-order valence-corrected chi connectivity index (χ1v) is 6.48. The number of morpholine rings is 1. The smallest absolute Gasteiger partial charge is 0.257 e. The molecule has 20 heavy (non-hydrogen) atoms. The average Bonchev–Trinajstić information content (AvgIpc) is 2.36. The lowest BCUT2D eigenvalue weighted by atomic mass is 10.0. The molecule has 1 aromatic rings. The molecule has 0 aliphatic carbocycles. The van der Waals surface area contributed by atoms with Crippen LogP contribution in [0.15, 0.2) is 18.2 Å². The van der Waals surface area contributed by atoms with Crippen molar-refractivity contribution in [1.82, 2.24) is 4.90 Å². The van der Waals surface area contributed by atoms with E-state index < -0.39 is 17.3 Å². The Bertz CT molecular complexity index is 519. The number of amides is 1. The number of phenols is 1. The summed E-state index contributed by atoms with van der Waals surface area (Å²) in [5.74, 6) is -1.36. The molecule has 1 unspecified atom stereocenters. The van der Waals surface area contributed by atoms with Crippen molar-refractivity contribution in [2.45, 2.75) is 25.6 Å². The maximum atomic E-state index is 13.8. The molecule has 0 radical (unpaired) electrons. The van der Waals surface area contributed by atoms with Crippen molar-refractivity contribution in [2.75, 3.05) is 19.6 Å². The number of hydrogen-bond donors (Lipinski definition) is 2. The first-order valence-electron chi connectivity index (χ1n) is 6.48. The Labute approximate surface area is 117 Å². The summed E-state index contributed by atoms with van der Waals surface area (Å²) in [5, 5.41) is 9.19. The molecule has 0 bridgehead atoms. The predicted molar refractivity (Wildman–Crippen MR) is 72.0 cm³/mol. The van der Waals surface area contributed by atoms with E-state index in [2.05, 4.69) is 0 Å². The lowest BCUT2D eigenvalue weighted by molar-refractivity contribution is -0.122. The van der Waals surface area contributed by atoms with Gasteiger partial charge in [0.25, 0.3) is 5.91 Å². The van der Waals surface area contributed by atoms with Crippen molar-refractivity contribution < 1.29 is 19.0 Å². The monoisotopic (exact) mass is 282 g/mol. The van der Waals surface area contributed by atoms with Gasteiger partial charge < -0.3 is 20.5 Å². The van der Waals surface area contributed by atoms with Crippen LogP contribution < -0.4 is 5.73 Å². The minimum absolute atomic E-state index is 0.0590. The summed E-state index contributed by atoms with van der Waals surface area (Å²) in [6, 6.07) is 3.51. The Morgan fingerprint density at radius 3 is 2.90 bits per heavy atom. The number of benzene rings is 1. The largest absolute Gasteiger partial charge is 0.508 e. The Morgan fingerprint density at radius 2 is 2.30 bits per heavy atom. The van der Waals surface area contributed by atoms with Gasteiger partial charge in [-0.25, -0.2) is 4.39 Å². The Balaban J connectivity index is 2.23. The predicted octanol–water partition coefficient (Wildman–Crippen LogP) is 1.11. The molecule has 1 amide bonds. The van der Waals surface area contributed by atoms with Crippen LogP contribution >= 0.6 is 0 Å². The zero-order valence-electron chi connectivity index (χ0n) is 11.6. The maximum absolute atomic E-state index is 13.8. The molecule has 3 N–H and O–H groups in total. The van der Waals surface area contributed by atoms with Crippen LogP contribution in [0, 0.1) is 5.82 Å². The van der Waals surface area contributed by atoms with Gasteiger partial charge in [-0.2, -0.15) is 0 Å². The third-order valence-corrected chi connectivity index (χ3v) is 3.21. The number of nitrogens with two attached hydrogens (primary N) is 1. The molecule has 1 saturated heterocycles. The van der Waals surface area contributed by atoms with Crippen LogP contribution in [0.3, 0.4) is 0 Å². The Hall–Kier alpha value is -1.66. The van der Waals surface area contributed by atoms with Gasteiger partial charge in [0.15, 0.2) is 0 Å². The molecule has 2 rings (SSSR count). The van der Waals surface area contributed by atoms with E-state index in [0.717, 1.165) is 6.07 Å². The summed E-state index contributed by atoms with van der Waals surface area (Å²) in [6.07, 6.45) is -0.261. The second-order valence-corrected chi connectivity index (χ2v) is 5.59. The van der Waals surface area contributed by atoms with Gasteiger partial charge >= 0.3 is 0 Å². The summed E-state index contributed by atoms with van der Waals surface area (Å²) >= 11 is 0. The number of aromatic hydroxyl groups is 1. The lowest BCUT2D eigenvalue weighted by Gasteiger charge is -2.42. The number of nitrogens with zero attached hydrogens (tertiary/aromatic N) is 1. The van der Waals surface area contributed by atoms with Crippen LogP contribution in [-0.2, 0) is 4.74 Å². The molecule has 110 valence electrons. The lowest BCUT2D eigenvalue weighted by Crippen LogP contribution is -2.56. The van der Waals surface area contributed by atoms with Crippen molar-refractivity contribution in [1.29, 1.82) is 0 Å². The zero-order valence-corrected chi connectivity index (χ0v) is 11.6. The molecule has 5 nitrogen and oxygen atoms in total. The van der Waals surface area contributed by atoms with Crippen molar-refractivity contribution in [3.05, 3.63) is 29.6 Å². The van der Waals surface area contributed by atoms with E-state index in [0.29, 0.717) is 19.6 Å². The highest BCUT2D eigenvalue weighted by Crippen LogP contribution is 2.24. The van der Waals surface area contributed by atoms with Crippen LogP contribution in [0.4, 0.5) is 4.39 Å². The number of rotatable bonds is 2. The second kappa shape index (κ2) is 5.38. The van der Waals surface area contributed by atoms with E-state index in [9.17, 15) is 14.3 Å². The van der Waals surface area contributed by atoms with E-state index in [1.807, 2.05) is 13.8 Å². The molecule has 0 saturated carbocycles. The van der Waals surface area contributed by atoms with Crippen molar-refractivity contribution >= 4 is 5.91 Å². The molecule has 1 aliphatic rings. The van der Waals surface area contributed by atoms with E-state index >= 15 is 0 Å². The van der Waals surface area contributed by atoms with Gasteiger partial charge in [-0.15, -0.1) is 0 Å². The van der Waals surface area contributed by atoms with Crippen molar-refractivity contribution in [2.24, 2.45) is 5.73 Å². The summed E-state index contributed by atoms with van der Waals surface area (Å²) in [5.41, 5.74) is 5.02. The third kappa shape index (κ3) is 3.08. The van der Waals surface area contributed by atoms with Gasteiger partial charge in [-0.05, 0) is 26.0 Å². The van der Waals surface area contributed by atoms with E-state index in [1.165, 1.54) is 17.0 Å². The SMILES string of the molecule is CC1(C)CN(C(=O)c2ccc(O)cc2F)CC(CN)O1. The van der Waals surface area contributed by atoms with Gasteiger partial charge in [0.05, 0.1) is 17.3 Å². The first kappa shape index (κ1) is 14.7. The maximum Gasteiger partial charge on any atom is 0.257 e. The number of halogens is 1. The fourth-order valence-corrected chi connectivity index (χ4v) is 2.42. The highest BCUT2D eigenvalue weighted by Gasteiger charge is 2.35. The molecule has 1 atom stereocenters. The number of carbonyl (C=O) groups is 1. The Morgan fingerprint density at radius 1 is 1.60 bits per heavy atom. The second-order valence-electron chi connectivity index (χ2n) is 5.59. The number of hydrogen-bond acceptors (Lipinski definition) is 4. The van der Waals surface area contributed by atoms with Crippen LogP contribution in [0.2, 0.25) is 0 Å². The molecule has 0 spiro atoms. The molecule has 1 heterocycles. The fraction of sp³-hybridized carbons (Fsp3) is 0.500. The van der Waals surface area contributed by atoms with Crippen LogP contribution in [0.25, 0.3) is 0 Å². The minimum atomic E-state index is -0.733. The minimum Gasteiger partial charge on any atom is -0.508 e. The van der Waals surface area contributed by atoms with Gasteiger partial charge in [0.1, 0.15) is 11.6 Å². The molecule has 1 fully saturated rings. The topological polar surface area (TPSA) is 75.8 Å². The normalized spacial score (nSPS) is 21.8. The van der Waals surface area contributed by atoms with Crippen LogP contribution in [0.1, 0.15) is 24.2 Å². The van der Waals surface area contributed by atoms with Gasteiger partial charge in [0.2, 0.25) is 0 Å². The van der Waals surface area contributed by atoms with Crippen LogP contribution in [0.5, 0.6) is 5.75 Å². The standard InChI is InChI=1S/C14H19FN2O3/c1-14(2)8-17(7-10(6-16)20-14)13(19)11-4-3-9(18)5-12(11)15/h3-5,10,18H,6-8,16H2,1-2H3. The van der Waals surface area contributed by atoms with Crippen molar-refractivity contribution in [3.8, 4) is 5.75 Å². The molecular weight excluding hydrogens is 263 g/mol. The number of ether oxygens (including phenoxy) is 1. The molecular formula is C14H19FN2O3. The van der Waals surface area contributed by atoms with E-state index in [1.54, 1.807) is 0 Å². The summed E-state index contributed by atoms with van der Waals surface area (Å²) < 4.78 is 19.5. The van der Waals surface area contributed by atoms with Crippen molar-refractivity contribution in [3.63, 3.8) is 0 Å². The van der Waals surface area contributed by atoms with Gasteiger partial charge in [-0.3, -0.25) is 4.79 Å². The Kier molecular flexibility index (Phi) is 3.96. The third-order valence-electron chi connectivity index (χ3n) is 3.21. The molecule has 6 heteroatoms. The molecule has 1 aromatic carbocycles. The summed E-state index contributed by atoms with van der Waals surface area (Å²) in [4.78, 5) is 13.9. The summed E-state index contributed by atoms with van der Waals surface area (Å²) in [7, 11) is 0. The quantitative estimate of drug-likeness (QED) is 0.852.